The van der Waals surface area contributed by atoms with Gasteiger partial charge in [-0.2, -0.15) is 0 Å². The molecule has 0 aliphatic carbocycles. The topological polar surface area (TPSA) is 26.0 Å². The predicted octanol–water partition coefficient (Wildman–Crippen LogP) is 1.88. The van der Waals surface area contributed by atoms with Crippen molar-refractivity contribution >= 4 is 12.6 Å². The van der Waals surface area contributed by atoms with Gasteiger partial charge < -0.3 is 5.73 Å². The highest BCUT2D eigenvalue weighted by atomic mass is 32.1. The summed E-state index contributed by atoms with van der Waals surface area (Å²) < 4.78 is 12.9. The molecule has 1 rings (SSSR count). The van der Waals surface area contributed by atoms with Gasteiger partial charge in [0.25, 0.3) is 0 Å². The van der Waals surface area contributed by atoms with Gasteiger partial charge in [0.2, 0.25) is 0 Å². The number of halogens is 1. The Morgan fingerprint density at radius 2 is 2.18 bits per heavy atom. The van der Waals surface area contributed by atoms with Crippen LogP contribution in [0.15, 0.2) is 17.0 Å². The lowest BCUT2D eigenvalue weighted by molar-refractivity contribution is 0.606. The molecule has 0 unspecified atom stereocenters. The van der Waals surface area contributed by atoms with Crippen LogP contribution in [0.3, 0.4) is 0 Å². The maximum absolute atomic E-state index is 12.9. The molecule has 60 valence electrons. The van der Waals surface area contributed by atoms with E-state index in [0.717, 1.165) is 10.5 Å². The number of rotatable bonds is 1. The van der Waals surface area contributed by atoms with Gasteiger partial charge in [0.1, 0.15) is 5.82 Å². The molecule has 3 heteroatoms. The fraction of sp³-hybridized carbons (Fsp3) is 0.250. The Morgan fingerprint density at radius 1 is 1.55 bits per heavy atom. The fourth-order valence-corrected chi connectivity index (χ4v) is 1.17. The molecule has 0 spiro atoms. The molecule has 0 bridgehead atoms. The Hall–Kier alpha value is -0.540. The van der Waals surface area contributed by atoms with Crippen molar-refractivity contribution < 1.29 is 4.39 Å². The number of thiol groups is 1. The van der Waals surface area contributed by atoms with Crippen LogP contribution in [0.25, 0.3) is 0 Å². The molecule has 1 aromatic rings. The zero-order valence-electron chi connectivity index (χ0n) is 6.26. The lowest BCUT2D eigenvalue weighted by atomic mass is 10.1. The molecule has 0 radical (unpaired) electrons. The van der Waals surface area contributed by atoms with Crippen LogP contribution in [0, 0.1) is 12.7 Å². The standard InChI is InChI=1S/C8H10FNS/c1-5-6(4-10)7(9)2-3-8(5)11/h2-3,11H,4,10H2,1H3. The first-order valence-electron chi connectivity index (χ1n) is 3.34. The molecule has 0 aliphatic rings. The molecule has 0 saturated heterocycles. The first-order valence-corrected chi connectivity index (χ1v) is 3.78. The van der Waals surface area contributed by atoms with Gasteiger partial charge >= 0.3 is 0 Å². The minimum absolute atomic E-state index is 0.228. The Balaban J connectivity index is 3.29. The number of benzene rings is 1. The average Bonchev–Trinajstić information content (AvgIpc) is 1.99. The number of nitrogens with two attached hydrogens (primary N) is 1. The van der Waals surface area contributed by atoms with E-state index in [-0.39, 0.29) is 12.4 Å². The highest BCUT2D eigenvalue weighted by Crippen LogP contribution is 2.19. The summed E-state index contributed by atoms with van der Waals surface area (Å²) in [6.45, 7) is 2.04. The van der Waals surface area contributed by atoms with Crippen molar-refractivity contribution in [2.75, 3.05) is 0 Å². The molecule has 1 nitrogen and oxygen atoms in total. The molecular formula is C8H10FNS. The van der Waals surface area contributed by atoms with E-state index in [1.807, 2.05) is 6.92 Å². The molecule has 11 heavy (non-hydrogen) atoms. The molecule has 0 atom stereocenters. The highest BCUT2D eigenvalue weighted by molar-refractivity contribution is 7.80. The zero-order valence-corrected chi connectivity index (χ0v) is 7.16. The van der Waals surface area contributed by atoms with Gasteiger partial charge in [-0.1, -0.05) is 0 Å². The molecule has 0 amide bonds. The lowest BCUT2D eigenvalue weighted by Gasteiger charge is -2.05. The summed E-state index contributed by atoms with van der Waals surface area (Å²) in [5.41, 5.74) is 6.73. The smallest absolute Gasteiger partial charge is 0.128 e. The molecule has 0 aromatic heterocycles. The second-order valence-corrected chi connectivity index (χ2v) is 2.86. The second kappa shape index (κ2) is 3.24. The largest absolute Gasteiger partial charge is 0.326 e. The van der Waals surface area contributed by atoms with Crippen LogP contribution in [-0.2, 0) is 6.54 Å². The third-order valence-electron chi connectivity index (χ3n) is 1.72. The van der Waals surface area contributed by atoms with Gasteiger partial charge in [-0.05, 0) is 24.6 Å². The van der Waals surface area contributed by atoms with Crippen LogP contribution >= 0.6 is 12.6 Å². The fourth-order valence-electron chi connectivity index (χ4n) is 0.962. The summed E-state index contributed by atoms with van der Waals surface area (Å²) >= 11 is 4.15. The minimum atomic E-state index is -0.247. The van der Waals surface area contributed by atoms with Crippen molar-refractivity contribution in [1.82, 2.24) is 0 Å². The highest BCUT2D eigenvalue weighted by Gasteiger charge is 2.05. The van der Waals surface area contributed by atoms with Gasteiger partial charge in [0.05, 0.1) is 0 Å². The van der Waals surface area contributed by atoms with Crippen LogP contribution in [0.5, 0.6) is 0 Å². The van der Waals surface area contributed by atoms with E-state index < -0.39 is 0 Å². The van der Waals surface area contributed by atoms with Crippen LogP contribution in [0.2, 0.25) is 0 Å². The first kappa shape index (κ1) is 8.56. The van der Waals surface area contributed by atoms with E-state index in [9.17, 15) is 4.39 Å². The molecule has 0 heterocycles. The van der Waals surface area contributed by atoms with Crippen LogP contribution in [0.1, 0.15) is 11.1 Å². The minimum Gasteiger partial charge on any atom is -0.326 e. The summed E-state index contributed by atoms with van der Waals surface area (Å²) in [7, 11) is 0. The molecule has 0 aliphatic heterocycles. The summed E-state index contributed by atoms with van der Waals surface area (Å²) in [6.07, 6.45) is 0. The van der Waals surface area contributed by atoms with E-state index >= 15 is 0 Å². The van der Waals surface area contributed by atoms with E-state index in [4.69, 9.17) is 5.73 Å². The molecule has 0 fully saturated rings. The van der Waals surface area contributed by atoms with Crippen molar-refractivity contribution in [1.29, 1.82) is 0 Å². The summed E-state index contributed by atoms with van der Waals surface area (Å²) in [4.78, 5) is 0.784. The Bertz CT molecular complexity index is 273. The van der Waals surface area contributed by atoms with Gasteiger partial charge in [0.15, 0.2) is 0 Å². The second-order valence-electron chi connectivity index (χ2n) is 2.37. The van der Waals surface area contributed by atoms with Gasteiger partial charge in [-0.3, -0.25) is 0 Å². The Kier molecular flexibility index (Phi) is 2.52. The molecule has 1 aromatic carbocycles. The van der Waals surface area contributed by atoms with Crippen molar-refractivity contribution in [2.24, 2.45) is 5.73 Å². The van der Waals surface area contributed by atoms with Gasteiger partial charge in [0, 0.05) is 17.0 Å². The maximum atomic E-state index is 12.9. The van der Waals surface area contributed by atoms with Crippen LogP contribution < -0.4 is 5.73 Å². The van der Waals surface area contributed by atoms with Crippen LogP contribution in [0.4, 0.5) is 4.39 Å². The van der Waals surface area contributed by atoms with Crippen molar-refractivity contribution in [3.8, 4) is 0 Å². The van der Waals surface area contributed by atoms with E-state index in [2.05, 4.69) is 12.6 Å². The van der Waals surface area contributed by atoms with E-state index in [1.165, 1.54) is 6.07 Å². The van der Waals surface area contributed by atoms with E-state index in [0.29, 0.717) is 5.56 Å². The number of hydrogen-bond acceptors (Lipinski definition) is 2. The quantitative estimate of drug-likeness (QED) is 0.620. The summed E-state index contributed by atoms with van der Waals surface area (Å²) in [5.74, 6) is -0.247. The average molecular weight is 171 g/mol. The van der Waals surface area contributed by atoms with Crippen molar-refractivity contribution in [3.05, 3.63) is 29.1 Å². The zero-order chi connectivity index (χ0) is 8.43. The monoisotopic (exact) mass is 171 g/mol. The number of hydrogen-bond donors (Lipinski definition) is 2. The third-order valence-corrected chi connectivity index (χ3v) is 2.20. The maximum Gasteiger partial charge on any atom is 0.128 e. The molecule has 0 saturated carbocycles. The van der Waals surface area contributed by atoms with Crippen molar-refractivity contribution in [3.63, 3.8) is 0 Å². The summed E-state index contributed by atoms with van der Waals surface area (Å²) in [5, 5.41) is 0. The lowest BCUT2D eigenvalue weighted by Crippen LogP contribution is -2.02. The first-order chi connectivity index (χ1) is 5.16. The molecular weight excluding hydrogens is 161 g/mol. The predicted molar refractivity (Wildman–Crippen MR) is 46.3 cm³/mol. The van der Waals surface area contributed by atoms with Crippen LogP contribution in [-0.4, -0.2) is 0 Å². The SMILES string of the molecule is Cc1c(S)ccc(F)c1CN. The van der Waals surface area contributed by atoms with Gasteiger partial charge in [-0.15, -0.1) is 12.6 Å². The normalized spacial score (nSPS) is 10.2. The summed E-state index contributed by atoms with van der Waals surface area (Å²) in [6, 6.07) is 3.02. The van der Waals surface area contributed by atoms with Crippen molar-refractivity contribution in [2.45, 2.75) is 18.4 Å². The third kappa shape index (κ3) is 1.54. The Labute approximate surface area is 70.8 Å². The van der Waals surface area contributed by atoms with E-state index in [1.54, 1.807) is 6.07 Å². The van der Waals surface area contributed by atoms with Gasteiger partial charge in [-0.25, -0.2) is 4.39 Å². The molecule has 2 N–H and O–H groups in total. The Morgan fingerprint density at radius 3 is 2.64 bits per heavy atom.